The number of hydrogen-bond donors (Lipinski definition) is 6. The summed E-state index contributed by atoms with van der Waals surface area (Å²) < 4.78 is 33.4. The minimum absolute atomic E-state index is 0.0760. The Morgan fingerprint density at radius 2 is 0.983 bits per heavy atom. The molecule has 15 heteroatoms. The standard InChI is InChI=1S/C45H81O14P/c1-3-5-7-9-11-12-13-14-15-16-17-18-20-24-29-33-39(48)58-37(35-57-60(54,55)59-45-43(52)41(50)40(49)42(51)44(45)53)34-56-38(47)32-28-25-21-23-27-31-36(46)30-26-22-19-10-8-6-4-2/h19,22,26,30,37,40-45,49-53H,3-18,20-21,23-25,27-29,31-35H2,1-2H3,(H,54,55)/b22-19-,30-26+/t37-,40?,41-,42+,43-,44-,45?/m1/s1. The Bertz CT molecular complexity index is 1210. The fraction of sp³-hybridized carbons (Fsp3) is 0.844. The van der Waals surface area contributed by atoms with Crippen molar-refractivity contribution >= 4 is 25.5 Å². The van der Waals surface area contributed by atoms with Crippen molar-refractivity contribution in [2.24, 2.45) is 0 Å². The molecule has 14 nitrogen and oxygen atoms in total. The van der Waals surface area contributed by atoms with Gasteiger partial charge in [-0.2, -0.15) is 0 Å². The van der Waals surface area contributed by atoms with E-state index in [1.807, 2.05) is 6.08 Å². The summed E-state index contributed by atoms with van der Waals surface area (Å²) in [6.45, 7) is 3.15. The second-order valence-corrected chi connectivity index (χ2v) is 17.7. The molecule has 1 rings (SSSR count). The molecule has 0 aromatic carbocycles. The first kappa shape index (κ1) is 56.0. The van der Waals surface area contributed by atoms with E-state index in [1.54, 1.807) is 12.2 Å². The van der Waals surface area contributed by atoms with E-state index >= 15 is 0 Å². The lowest BCUT2D eigenvalue weighted by Crippen LogP contribution is -2.64. The maximum atomic E-state index is 12.8. The fourth-order valence-corrected chi connectivity index (χ4v) is 7.95. The summed E-state index contributed by atoms with van der Waals surface area (Å²) in [6.07, 6.45) is 20.5. The molecular weight excluding hydrogens is 795 g/mol. The van der Waals surface area contributed by atoms with E-state index in [9.17, 15) is 49.4 Å². The van der Waals surface area contributed by atoms with Crippen LogP contribution in [0.3, 0.4) is 0 Å². The highest BCUT2D eigenvalue weighted by molar-refractivity contribution is 7.47. The van der Waals surface area contributed by atoms with Crippen LogP contribution in [0.1, 0.15) is 187 Å². The zero-order chi connectivity index (χ0) is 44.4. The summed E-state index contributed by atoms with van der Waals surface area (Å²) in [6, 6.07) is 0. The number of unbranched alkanes of at least 4 members (excludes halogenated alkanes) is 21. The number of phosphoric acid groups is 1. The Labute approximate surface area is 360 Å². The van der Waals surface area contributed by atoms with E-state index in [2.05, 4.69) is 19.9 Å². The lowest BCUT2D eigenvalue weighted by Gasteiger charge is -2.41. The van der Waals surface area contributed by atoms with Crippen LogP contribution in [0.2, 0.25) is 0 Å². The van der Waals surface area contributed by atoms with Crippen molar-refractivity contribution in [3.05, 3.63) is 24.3 Å². The molecule has 1 aliphatic rings. The molecule has 0 aromatic rings. The number of carbonyl (C=O) groups excluding carboxylic acids is 3. The first-order chi connectivity index (χ1) is 28.8. The topological polar surface area (TPSA) is 227 Å². The number of rotatable bonds is 38. The predicted octanol–water partition coefficient (Wildman–Crippen LogP) is 8.02. The molecule has 0 amide bonds. The van der Waals surface area contributed by atoms with Crippen LogP contribution in [0, 0.1) is 0 Å². The third kappa shape index (κ3) is 27.8. The Morgan fingerprint density at radius 1 is 0.550 bits per heavy atom. The van der Waals surface area contributed by atoms with Gasteiger partial charge in [0.05, 0.1) is 6.61 Å². The average Bonchev–Trinajstić information content (AvgIpc) is 3.22. The second kappa shape index (κ2) is 35.5. The first-order valence-electron chi connectivity index (χ1n) is 23.1. The Morgan fingerprint density at radius 3 is 1.50 bits per heavy atom. The largest absolute Gasteiger partial charge is 0.472 e. The van der Waals surface area contributed by atoms with E-state index in [0.29, 0.717) is 19.3 Å². The number of phosphoric ester groups is 1. The summed E-state index contributed by atoms with van der Waals surface area (Å²) in [4.78, 5) is 47.7. The summed E-state index contributed by atoms with van der Waals surface area (Å²) in [5.74, 6) is -1.11. The van der Waals surface area contributed by atoms with Crippen LogP contribution >= 0.6 is 7.82 Å². The summed E-state index contributed by atoms with van der Waals surface area (Å²) in [7, 11) is -5.14. The zero-order valence-corrected chi connectivity index (χ0v) is 37.6. The van der Waals surface area contributed by atoms with Crippen LogP contribution < -0.4 is 0 Å². The lowest BCUT2D eigenvalue weighted by molar-refractivity contribution is -0.220. The van der Waals surface area contributed by atoms with Crippen molar-refractivity contribution in [2.45, 2.75) is 230 Å². The van der Waals surface area contributed by atoms with Gasteiger partial charge in [-0.1, -0.05) is 154 Å². The molecular formula is C45H81O14P. The fourth-order valence-electron chi connectivity index (χ4n) is 6.97. The highest BCUT2D eigenvalue weighted by Crippen LogP contribution is 2.47. The summed E-state index contributed by atoms with van der Waals surface area (Å²) in [5, 5.41) is 50.1. The van der Waals surface area contributed by atoms with Crippen molar-refractivity contribution < 1.29 is 67.9 Å². The van der Waals surface area contributed by atoms with Crippen molar-refractivity contribution in [1.29, 1.82) is 0 Å². The maximum Gasteiger partial charge on any atom is 0.472 e. The van der Waals surface area contributed by atoms with Crippen LogP contribution in [-0.4, -0.2) is 104 Å². The van der Waals surface area contributed by atoms with Crippen LogP contribution in [0.4, 0.5) is 0 Å². The van der Waals surface area contributed by atoms with Crippen LogP contribution in [0.25, 0.3) is 0 Å². The monoisotopic (exact) mass is 877 g/mol. The number of aliphatic hydroxyl groups is 5. The number of allylic oxidation sites excluding steroid dienone is 4. The first-order valence-corrected chi connectivity index (χ1v) is 24.6. The minimum Gasteiger partial charge on any atom is -0.462 e. The third-order valence-electron chi connectivity index (χ3n) is 10.8. The molecule has 0 bridgehead atoms. The van der Waals surface area contributed by atoms with E-state index in [-0.39, 0.29) is 18.6 Å². The molecule has 350 valence electrons. The molecule has 0 radical (unpaired) electrons. The van der Waals surface area contributed by atoms with Gasteiger partial charge in [0, 0.05) is 19.3 Å². The van der Waals surface area contributed by atoms with E-state index in [0.717, 1.165) is 64.2 Å². The molecule has 0 spiro atoms. The van der Waals surface area contributed by atoms with Gasteiger partial charge in [0.15, 0.2) is 11.9 Å². The van der Waals surface area contributed by atoms with Gasteiger partial charge in [-0.05, 0) is 38.2 Å². The molecule has 1 saturated carbocycles. The number of hydrogen-bond acceptors (Lipinski definition) is 13. The SMILES string of the molecule is CCCCC/C=C\C=C\C(=O)CCCCCCCC(=O)OC[C@H](COP(=O)(O)OC1[C@H](O)[C@H](O)C(O)[C@H](O)[C@H]1O)OC(=O)CCCCCCCCCCCCCCCCC. The van der Waals surface area contributed by atoms with Gasteiger partial charge in [0.2, 0.25) is 0 Å². The smallest absolute Gasteiger partial charge is 0.462 e. The number of carbonyl (C=O) groups is 3. The molecule has 8 atom stereocenters. The van der Waals surface area contributed by atoms with Crippen LogP contribution in [0.15, 0.2) is 24.3 Å². The number of esters is 2. The molecule has 6 N–H and O–H groups in total. The quantitative estimate of drug-likeness (QED) is 0.0114. The van der Waals surface area contributed by atoms with Gasteiger partial charge in [-0.3, -0.25) is 23.4 Å². The van der Waals surface area contributed by atoms with Crippen molar-refractivity contribution in [3.63, 3.8) is 0 Å². The van der Waals surface area contributed by atoms with Crippen molar-refractivity contribution in [3.8, 4) is 0 Å². The Hall–Kier alpha value is -2.00. The minimum atomic E-state index is -5.14. The molecule has 1 aliphatic carbocycles. The molecule has 0 aliphatic heterocycles. The van der Waals surface area contributed by atoms with Gasteiger partial charge < -0.3 is 39.9 Å². The Balaban J connectivity index is 2.49. The number of ketones is 1. The van der Waals surface area contributed by atoms with E-state index in [1.165, 1.54) is 77.0 Å². The molecule has 0 heterocycles. The number of aliphatic hydroxyl groups excluding tert-OH is 5. The van der Waals surface area contributed by atoms with E-state index < -0.39 is 75.7 Å². The van der Waals surface area contributed by atoms with Gasteiger partial charge in [-0.25, -0.2) is 4.57 Å². The average molecular weight is 877 g/mol. The van der Waals surface area contributed by atoms with E-state index in [4.69, 9.17) is 18.5 Å². The molecule has 3 unspecified atom stereocenters. The highest BCUT2D eigenvalue weighted by atomic mass is 31.2. The van der Waals surface area contributed by atoms with Gasteiger partial charge in [-0.15, -0.1) is 0 Å². The van der Waals surface area contributed by atoms with Gasteiger partial charge in [0.25, 0.3) is 0 Å². The maximum absolute atomic E-state index is 12.8. The molecule has 0 saturated heterocycles. The third-order valence-corrected chi connectivity index (χ3v) is 11.8. The van der Waals surface area contributed by atoms with Crippen molar-refractivity contribution in [2.75, 3.05) is 13.2 Å². The summed E-state index contributed by atoms with van der Waals surface area (Å²) in [5.41, 5.74) is 0. The normalized spacial score (nSPS) is 22.3. The predicted molar refractivity (Wildman–Crippen MR) is 231 cm³/mol. The highest BCUT2D eigenvalue weighted by Gasteiger charge is 2.51. The zero-order valence-electron chi connectivity index (χ0n) is 36.8. The second-order valence-electron chi connectivity index (χ2n) is 16.3. The number of ether oxygens (including phenoxy) is 2. The molecule has 0 aromatic heterocycles. The van der Waals surface area contributed by atoms with Crippen LogP contribution in [0.5, 0.6) is 0 Å². The lowest BCUT2D eigenvalue weighted by atomic mass is 9.85. The van der Waals surface area contributed by atoms with Gasteiger partial charge in [0.1, 0.15) is 43.2 Å². The molecule has 60 heavy (non-hydrogen) atoms. The van der Waals surface area contributed by atoms with Gasteiger partial charge >= 0.3 is 19.8 Å². The Kier molecular flexibility index (Phi) is 33.1. The molecule has 1 fully saturated rings. The van der Waals surface area contributed by atoms with Crippen LogP contribution in [-0.2, 0) is 37.5 Å². The summed E-state index contributed by atoms with van der Waals surface area (Å²) >= 11 is 0. The van der Waals surface area contributed by atoms with Crippen molar-refractivity contribution in [1.82, 2.24) is 0 Å².